The Morgan fingerprint density at radius 2 is 1.02 bits per heavy atom. The van der Waals surface area contributed by atoms with Crippen LogP contribution >= 0.6 is 23.2 Å². The molecule has 0 aromatic heterocycles. The summed E-state index contributed by atoms with van der Waals surface area (Å²) in [7, 11) is -7.81. The van der Waals surface area contributed by atoms with Crippen molar-refractivity contribution in [1.82, 2.24) is 35.6 Å². The van der Waals surface area contributed by atoms with Crippen molar-refractivity contribution in [2.75, 3.05) is 143 Å². The molecular formula is C62H98Cl2N8O16S2. The molecule has 8 atom stereocenters. The van der Waals surface area contributed by atoms with Crippen LogP contribution < -0.4 is 21.7 Å². The van der Waals surface area contributed by atoms with Gasteiger partial charge in [0, 0.05) is 98.2 Å². The molecule has 0 aliphatic carbocycles. The Morgan fingerprint density at radius 1 is 0.622 bits per heavy atom. The van der Waals surface area contributed by atoms with Gasteiger partial charge in [-0.25, -0.2) is 16.8 Å². The van der Waals surface area contributed by atoms with Crippen LogP contribution in [0.15, 0.2) is 58.3 Å². The third-order valence-corrected chi connectivity index (χ3v) is 20.9. The number of benzene rings is 2. The topological polar surface area (TPSA) is 315 Å². The van der Waals surface area contributed by atoms with Crippen LogP contribution in [0.2, 0.25) is 0 Å². The van der Waals surface area contributed by atoms with Crippen LogP contribution in [0.1, 0.15) is 91.2 Å². The molecule has 28 heteroatoms. The fourth-order valence-electron chi connectivity index (χ4n) is 11.0. The minimum Gasteiger partial charge on any atom is -0.465 e. The van der Waals surface area contributed by atoms with Gasteiger partial charge in [0.2, 0.25) is 11.8 Å². The largest absolute Gasteiger partial charge is 0.465 e. The number of sulfone groups is 2. The van der Waals surface area contributed by atoms with Gasteiger partial charge < -0.3 is 50.5 Å². The second-order valence-electron chi connectivity index (χ2n) is 25.1. The molecule has 7 fully saturated rings. The predicted octanol–water partition coefficient (Wildman–Crippen LogP) is 2.62. The number of fused-ring (bicyclic) bond motifs is 6. The van der Waals surface area contributed by atoms with Crippen molar-refractivity contribution in [3.8, 4) is 0 Å². The number of amides is 2. The average Bonchev–Trinajstić information content (AvgIpc) is 1.13. The summed E-state index contributed by atoms with van der Waals surface area (Å²) in [6, 6.07) is 12.6. The number of epoxide rings is 1. The monoisotopic (exact) mass is 1340 g/mol. The van der Waals surface area contributed by atoms with Crippen LogP contribution in [0.5, 0.6) is 0 Å². The number of aryl methyl sites for hydroxylation is 2. The molecular weight excluding hydrogens is 1250 g/mol. The summed E-state index contributed by atoms with van der Waals surface area (Å²) in [5.41, 5.74) is 3.92. The number of ether oxygens (including phenoxy) is 5. The van der Waals surface area contributed by atoms with Crippen molar-refractivity contribution in [3.05, 3.63) is 59.7 Å². The molecule has 7 heterocycles. The van der Waals surface area contributed by atoms with Crippen molar-refractivity contribution in [3.63, 3.8) is 0 Å². The van der Waals surface area contributed by atoms with Crippen LogP contribution in [-0.2, 0) is 72.1 Å². The van der Waals surface area contributed by atoms with E-state index in [-0.39, 0.29) is 85.6 Å². The van der Waals surface area contributed by atoms with E-state index in [4.69, 9.17) is 52.6 Å². The Labute approximate surface area is 542 Å². The van der Waals surface area contributed by atoms with E-state index in [9.17, 15) is 50.7 Å². The summed E-state index contributed by atoms with van der Waals surface area (Å²) in [6.45, 7) is 25.4. The van der Waals surface area contributed by atoms with Crippen LogP contribution in [0, 0.1) is 24.7 Å². The number of nitrogens with zero attached hydrogens (tertiary/aromatic N) is 4. The highest BCUT2D eigenvalue weighted by Crippen LogP contribution is 2.39. The number of esters is 4. The standard InChI is InChI=1S/C31H49ClN4O8S.C22H31ClO7S.C9H18N4O/c1-5-6-17-43-28(39)30(3,22-45(41,42)25-9-7-23(2)8-10-25)21-31(4,32)29(40)44-20-24(37)18-33-11-12-34-27(38)26-19-35-13-15-36(26)16-14-35;1-5-6-11-28-19(24)21(3,14-22(4,23)20(25)30-13-17-12-29-17)15-31(26,27)18-9-7-16(2)8-10-18;10-1-2-11-9(14)8-7-12-3-5-13(8)6-4-12/h7-10,24,26,33,37H,5-6,11-22H2,1-4H3,(H,34,38);7-10,17H,5-6,11-15H2,1-4H3;8H,1-7,10H2,(H,11,14). The van der Waals surface area contributed by atoms with Gasteiger partial charge in [-0.3, -0.25) is 48.4 Å². The summed E-state index contributed by atoms with van der Waals surface area (Å²) in [5.74, 6) is -4.15. The van der Waals surface area contributed by atoms with E-state index >= 15 is 0 Å². The quantitative estimate of drug-likeness (QED) is 0.0225. The first kappa shape index (κ1) is 76.1. The molecule has 4 bridgehead atoms. The molecule has 2 amide bonds. The second-order valence-corrected chi connectivity index (χ2v) is 30.7. The number of alkyl halides is 2. The smallest absolute Gasteiger partial charge is 0.327 e. The number of aliphatic hydroxyl groups is 1. The third-order valence-electron chi connectivity index (χ3n) is 16.3. The highest BCUT2D eigenvalue weighted by Gasteiger charge is 2.50. The lowest BCUT2D eigenvalue weighted by Crippen LogP contribution is -2.65. The number of nitrogens with one attached hydrogen (secondary N) is 3. The fourth-order valence-corrected chi connectivity index (χ4v) is 15.3. The molecule has 0 radical (unpaired) electrons. The van der Waals surface area contributed by atoms with Gasteiger partial charge in [0.1, 0.15) is 47.3 Å². The Morgan fingerprint density at radius 3 is 1.39 bits per heavy atom. The van der Waals surface area contributed by atoms with Gasteiger partial charge in [-0.2, -0.15) is 0 Å². The van der Waals surface area contributed by atoms with Gasteiger partial charge in [0.15, 0.2) is 19.7 Å². The molecule has 7 aliphatic rings. The molecule has 6 N–H and O–H groups in total. The Balaban J connectivity index is 0.000000280. The highest BCUT2D eigenvalue weighted by molar-refractivity contribution is 7.91. The highest BCUT2D eigenvalue weighted by atomic mass is 35.5. The molecule has 9 rings (SSSR count). The van der Waals surface area contributed by atoms with Crippen molar-refractivity contribution in [2.45, 2.75) is 138 Å². The maximum Gasteiger partial charge on any atom is 0.327 e. The van der Waals surface area contributed by atoms with E-state index in [0.717, 1.165) is 89.4 Å². The first-order chi connectivity index (χ1) is 42.4. The molecule has 90 heavy (non-hydrogen) atoms. The minimum absolute atomic E-state index is 0.00927. The number of piperazine rings is 6. The lowest BCUT2D eigenvalue weighted by atomic mass is 9.82. The Bertz CT molecular complexity index is 2890. The van der Waals surface area contributed by atoms with E-state index in [0.29, 0.717) is 45.6 Å². The first-order valence-corrected chi connectivity index (χ1v) is 35.3. The molecule has 7 saturated heterocycles. The maximum absolute atomic E-state index is 13.3. The number of carbonyl (C=O) groups is 6. The summed E-state index contributed by atoms with van der Waals surface area (Å²) >= 11 is 13.1. The summed E-state index contributed by atoms with van der Waals surface area (Å²) in [4.78, 5) is 81.8. The van der Waals surface area contributed by atoms with Gasteiger partial charge in [0.25, 0.3) is 0 Å². The number of hydrogen-bond acceptors (Lipinski definition) is 22. The van der Waals surface area contributed by atoms with E-state index in [1.54, 1.807) is 24.3 Å². The van der Waals surface area contributed by atoms with Gasteiger partial charge in [-0.05, 0) is 91.5 Å². The molecule has 508 valence electrons. The van der Waals surface area contributed by atoms with Crippen molar-refractivity contribution < 1.29 is 74.4 Å². The van der Waals surface area contributed by atoms with Crippen LogP contribution in [0.4, 0.5) is 0 Å². The van der Waals surface area contributed by atoms with E-state index in [2.05, 4.69) is 35.6 Å². The summed E-state index contributed by atoms with van der Waals surface area (Å²) < 4.78 is 79.1. The zero-order valence-electron chi connectivity index (χ0n) is 53.7. The van der Waals surface area contributed by atoms with Crippen LogP contribution in [0.3, 0.4) is 0 Å². The maximum atomic E-state index is 13.3. The zero-order chi connectivity index (χ0) is 66.5. The van der Waals surface area contributed by atoms with Gasteiger partial charge in [-0.1, -0.05) is 62.1 Å². The molecule has 0 saturated carbocycles. The molecule has 24 nitrogen and oxygen atoms in total. The predicted molar refractivity (Wildman–Crippen MR) is 341 cm³/mol. The van der Waals surface area contributed by atoms with Gasteiger partial charge in [-0.15, -0.1) is 23.2 Å². The number of rotatable bonds is 33. The molecule has 0 spiro atoms. The lowest BCUT2D eigenvalue weighted by Gasteiger charge is -2.46. The van der Waals surface area contributed by atoms with Crippen molar-refractivity contribution >= 4 is 78.6 Å². The average molecular weight is 1350 g/mol. The van der Waals surface area contributed by atoms with E-state index in [1.165, 1.54) is 52.0 Å². The molecule has 2 aromatic rings. The Hall–Kier alpha value is -4.58. The normalized spacial score (nSPS) is 23.8. The fraction of sp³-hybridized carbons (Fsp3) is 0.710. The SMILES string of the molecule is CCCCOC(=O)C(C)(CC(C)(Cl)C(=O)OCC(O)CNCCNC(=O)C1CN2CCN1CC2)CS(=O)(=O)c1ccc(C)cc1.CCCCOC(=O)C(C)(CC(C)(Cl)C(=O)OCC1CO1)CS(=O)(=O)c1ccc(C)cc1.NCCNC(=O)C1CN2CCN1CC2. The molecule has 7 aliphatic heterocycles. The number of halogens is 2. The lowest BCUT2D eigenvalue weighted by molar-refractivity contribution is -0.158. The number of hydrogen-bond donors (Lipinski definition) is 5. The van der Waals surface area contributed by atoms with Crippen molar-refractivity contribution in [2.24, 2.45) is 16.6 Å². The second kappa shape index (κ2) is 35.1. The van der Waals surface area contributed by atoms with Gasteiger partial charge >= 0.3 is 23.9 Å². The van der Waals surface area contributed by atoms with E-state index < -0.39 is 81.7 Å². The van der Waals surface area contributed by atoms with Crippen LogP contribution in [0.25, 0.3) is 0 Å². The summed E-state index contributed by atoms with van der Waals surface area (Å²) in [6.07, 6.45) is 1.00. The minimum atomic E-state index is -3.95. The van der Waals surface area contributed by atoms with Crippen molar-refractivity contribution in [1.29, 1.82) is 0 Å². The number of aliphatic hydroxyl groups excluding tert-OH is 1. The van der Waals surface area contributed by atoms with E-state index in [1.807, 2.05) is 27.7 Å². The number of carbonyl (C=O) groups excluding carboxylic acids is 6. The molecule has 8 unspecified atom stereocenters. The first-order valence-electron chi connectivity index (χ1n) is 31.2. The zero-order valence-corrected chi connectivity index (χ0v) is 56.9. The summed E-state index contributed by atoms with van der Waals surface area (Å²) in [5, 5.41) is 19.1. The van der Waals surface area contributed by atoms with Crippen LogP contribution in [-0.4, -0.2) is 254 Å². The number of unbranched alkanes of at least 4 members (excludes halogenated alkanes) is 2. The molecule has 2 aromatic carbocycles. The van der Waals surface area contributed by atoms with Gasteiger partial charge in [0.05, 0.1) is 51.9 Å². The Kier molecular flexibility index (Phi) is 29.7. The third kappa shape index (κ3) is 23.8. The number of nitrogens with two attached hydrogens (primary N) is 1.